The topological polar surface area (TPSA) is 81.1 Å². The Balaban J connectivity index is 1.62. The predicted molar refractivity (Wildman–Crippen MR) is 127 cm³/mol. The zero-order valence-corrected chi connectivity index (χ0v) is 17.7. The van der Waals surface area contributed by atoms with Gasteiger partial charge in [-0.15, -0.1) is 0 Å². The molecule has 5 N–H and O–H groups in total. The Morgan fingerprint density at radius 2 is 1.60 bits per heavy atom. The summed E-state index contributed by atoms with van der Waals surface area (Å²) >= 11 is 0. The molecule has 1 amide bonds. The van der Waals surface area contributed by atoms with Crippen molar-refractivity contribution in [2.24, 2.45) is 11.5 Å². The molecular weight excluding hydrogens is 370 g/mol. The first-order valence-corrected chi connectivity index (χ1v) is 11.0. The van der Waals surface area contributed by atoms with Crippen LogP contribution in [0, 0.1) is 0 Å². The molecular formula is C26H31N3O. The van der Waals surface area contributed by atoms with E-state index >= 15 is 0 Å². The summed E-state index contributed by atoms with van der Waals surface area (Å²) < 4.78 is 0. The number of nitrogens with two attached hydrogens (primary N) is 2. The van der Waals surface area contributed by atoms with Gasteiger partial charge in [0, 0.05) is 12.5 Å². The molecule has 30 heavy (non-hydrogen) atoms. The molecule has 0 radical (unpaired) electrons. The fraction of sp³-hybridized carbons (Fsp3) is 0.346. The van der Waals surface area contributed by atoms with Gasteiger partial charge >= 0.3 is 0 Å². The summed E-state index contributed by atoms with van der Waals surface area (Å²) in [6, 6.07) is 19.3. The lowest BCUT2D eigenvalue weighted by molar-refractivity contribution is -0.122. The molecule has 0 saturated carbocycles. The SMILES string of the molecule is CCC(CNC(=O)[C@@H](N)CCCCN)c1ccc2ccc3cccc4ccc1c2c34. The molecule has 4 heteroatoms. The van der Waals surface area contributed by atoms with Crippen molar-refractivity contribution in [2.75, 3.05) is 13.1 Å². The number of carbonyl (C=O) groups is 1. The van der Waals surface area contributed by atoms with Gasteiger partial charge in [-0.25, -0.2) is 0 Å². The fourth-order valence-corrected chi connectivity index (χ4v) is 4.58. The van der Waals surface area contributed by atoms with Gasteiger partial charge in [0.1, 0.15) is 0 Å². The van der Waals surface area contributed by atoms with E-state index < -0.39 is 6.04 Å². The van der Waals surface area contributed by atoms with Crippen molar-refractivity contribution in [1.82, 2.24) is 5.32 Å². The van der Waals surface area contributed by atoms with Crippen LogP contribution < -0.4 is 16.8 Å². The highest BCUT2D eigenvalue weighted by atomic mass is 16.2. The second-order valence-corrected chi connectivity index (χ2v) is 8.25. The minimum atomic E-state index is -0.463. The number of unbranched alkanes of at least 4 members (excludes halogenated alkanes) is 1. The summed E-state index contributed by atoms with van der Waals surface area (Å²) in [7, 11) is 0. The van der Waals surface area contributed by atoms with Crippen molar-refractivity contribution < 1.29 is 4.79 Å². The van der Waals surface area contributed by atoms with Gasteiger partial charge < -0.3 is 16.8 Å². The molecule has 4 aromatic carbocycles. The molecule has 4 aromatic rings. The van der Waals surface area contributed by atoms with Crippen LogP contribution in [0.5, 0.6) is 0 Å². The summed E-state index contributed by atoms with van der Waals surface area (Å²) in [5.41, 5.74) is 12.9. The van der Waals surface area contributed by atoms with E-state index in [9.17, 15) is 4.79 Å². The standard InChI is InChI=1S/C26H31N3O/c1-2-17(16-29-26(30)23(28)8-3-4-15-27)21-13-11-20-10-9-18-6-5-7-19-12-14-22(21)25(20)24(18)19/h5-7,9-14,17,23H,2-4,8,15-16,27-28H2,1H3,(H,29,30)/t17?,23-/m0/s1. The predicted octanol–water partition coefficient (Wildman–Crippen LogP) is 4.65. The molecule has 0 aromatic heterocycles. The summed E-state index contributed by atoms with van der Waals surface area (Å²) in [6.07, 6.45) is 3.42. The Bertz CT molecular complexity index is 1140. The van der Waals surface area contributed by atoms with Gasteiger partial charge in [-0.3, -0.25) is 4.79 Å². The molecule has 0 aliphatic carbocycles. The van der Waals surface area contributed by atoms with Crippen LogP contribution in [-0.2, 0) is 4.79 Å². The van der Waals surface area contributed by atoms with Crippen LogP contribution in [0.25, 0.3) is 32.3 Å². The van der Waals surface area contributed by atoms with Crippen LogP contribution >= 0.6 is 0 Å². The highest BCUT2D eigenvalue weighted by Gasteiger charge is 2.19. The van der Waals surface area contributed by atoms with Gasteiger partial charge in [0.2, 0.25) is 5.91 Å². The third-order valence-corrected chi connectivity index (χ3v) is 6.32. The second kappa shape index (κ2) is 8.99. The molecule has 1 unspecified atom stereocenters. The van der Waals surface area contributed by atoms with Crippen molar-refractivity contribution >= 4 is 38.2 Å². The van der Waals surface area contributed by atoms with Crippen molar-refractivity contribution in [3.8, 4) is 0 Å². The van der Waals surface area contributed by atoms with E-state index in [-0.39, 0.29) is 11.8 Å². The largest absolute Gasteiger partial charge is 0.354 e. The first-order valence-electron chi connectivity index (χ1n) is 11.0. The van der Waals surface area contributed by atoms with Gasteiger partial charge in [0.15, 0.2) is 0 Å². The third-order valence-electron chi connectivity index (χ3n) is 6.32. The Morgan fingerprint density at radius 1 is 0.933 bits per heavy atom. The molecule has 156 valence electrons. The zero-order chi connectivity index (χ0) is 21.1. The average Bonchev–Trinajstić information content (AvgIpc) is 2.78. The van der Waals surface area contributed by atoms with Crippen LogP contribution in [0.3, 0.4) is 0 Å². The van der Waals surface area contributed by atoms with Gasteiger partial charge in [-0.2, -0.15) is 0 Å². The molecule has 0 aliphatic heterocycles. The lowest BCUT2D eigenvalue weighted by Crippen LogP contribution is -2.42. The summed E-state index contributed by atoms with van der Waals surface area (Å²) in [5.74, 6) is 0.179. The number of hydrogen-bond donors (Lipinski definition) is 3. The Kier molecular flexibility index (Phi) is 6.16. The molecule has 0 saturated heterocycles. The van der Waals surface area contributed by atoms with Crippen LogP contribution in [0.2, 0.25) is 0 Å². The number of carbonyl (C=O) groups excluding carboxylic acids is 1. The van der Waals surface area contributed by atoms with Crippen LogP contribution in [0.4, 0.5) is 0 Å². The molecule has 0 fully saturated rings. The van der Waals surface area contributed by atoms with Crippen molar-refractivity contribution in [2.45, 2.75) is 44.6 Å². The van der Waals surface area contributed by atoms with E-state index in [1.54, 1.807) is 0 Å². The number of nitrogens with one attached hydrogen (secondary N) is 1. The Morgan fingerprint density at radius 3 is 2.30 bits per heavy atom. The third kappa shape index (κ3) is 3.85. The smallest absolute Gasteiger partial charge is 0.236 e. The maximum Gasteiger partial charge on any atom is 0.236 e. The number of benzene rings is 4. The monoisotopic (exact) mass is 401 g/mol. The molecule has 0 bridgehead atoms. The molecule has 4 nitrogen and oxygen atoms in total. The van der Waals surface area contributed by atoms with E-state index in [4.69, 9.17) is 11.5 Å². The molecule has 0 aliphatic rings. The first-order chi connectivity index (χ1) is 14.6. The maximum atomic E-state index is 12.5. The van der Waals surface area contributed by atoms with E-state index in [2.05, 4.69) is 66.8 Å². The van der Waals surface area contributed by atoms with Gasteiger partial charge in [0.05, 0.1) is 6.04 Å². The first kappa shape index (κ1) is 20.6. The van der Waals surface area contributed by atoms with E-state index in [1.807, 2.05) is 0 Å². The highest BCUT2D eigenvalue weighted by Crippen LogP contribution is 2.38. The van der Waals surface area contributed by atoms with E-state index in [1.165, 1.54) is 37.9 Å². The molecule has 0 spiro atoms. The summed E-state index contributed by atoms with van der Waals surface area (Å²) in [6.45, 7) is 3.42. The fourth-order valence-electron chi connectivity index (χ4n) is 4.58. The molecule has 2 atom stereocenters. The van der Waals surface area contributed by atoms with Crippen molar-refractivity contribution in [1.29, 1.82) is 0 Å². The zero-order valence-electron chi connectivity index (χ0n) is 17.7. The highest BCUT2D eigenvalue weighted by molar-refractivity contribution is 6.23. The van der Waals surface area contributed by atoms with E-state index in [0.29, 0.717) is 19.5 Å². The molecule has 4 rings (SSSR count). The van der Waals surface area contributed by atoms with Gasteiger partial charge in [-0.1, -0.05) is 67.9 Å². The van der Waals surface area contributed by atoms with Gasteiger partial charge in [0.25, 0.3) is 0 Å². The van der Waals surface area contributed by atoms with Crippen LogP contribution in [0.1, 0.15) is 44.1 Å². The quantitative estimate of drug-likeness (QED) is 0.282. The number of amides is 1. The summed E-state index contributed by atoms with van der Waals surface area (Å²) in [5, 5.41) is 10.8. The lowest BCUT2D eigenvalue weighted by Gasteiger charge is -2.21. The number of hydrogen-bond acceptors (Lipinski definition) is 3. The van der Waals surface area contributed by atoms with Crippen LogP contribution in [0.15, 0.2) is 54.6 Å². The van der Waals surface area contributed by atoms with Crippen molar-refractivity contribution in [3.63, 3.8) is 0 Å². The average molecular weight is 402 g/mol. The lowest BCUT2D eigenvalue weighted by atomic mass is 9.86. The minimum Gasteiger partial charge on any atom is -0.354 e. The van der Waals surface area contributed by atoms with E-state index in [0.717, 1.165) is 19.3 Å². The summed E-state index contributed by atoms with van der Waals surface area (Å²) in [4.78, 5) is 12.5. The number of rotatable bonds is 9. The maximum absolute atomic E-state index is 12.5. The normalized spacial score (nSPS) is 13.8. The minimum absolute atomic E-state index is 0.0665. The van der Waals surface area contributed by atoms with Crippen LogP contribution in [-0.4, -0.2) is 25.0 Å². The van der Waals surface area contributed by atoms with Gasteiger partial charge in [-0.05, 0) is 63.7 Å². The Hall–Kier alpha value is -2.69. The Labute approximate surface area is 177 Å². The van der Waals surface area contributed by atoms with Crippen molar-refractivity contribution in [3.05, 3.63) is 60.2 Å². The molecule has 0 heterocycles. The second-order valence-electron chi connectivity index (χ2n) is 8.25.